The van der Waals surface area contributed by atoms with Gasteiger partial charge in [-0.05, 0) is 6.92 Å². The van der Waals surface area contributed by atoms with Crippen molar-refractivity contribution in [3.63, 3.8) is 0 Å². The molecule has 0 heterocycles. The zero-order valence-corrected chi connectivity index (χ0v) is 6.80. The Labute approximate surface area is 57.1 Å². The topological polar surface area (TPSA) is 54.4 Å². The molecule has 0 aromatic carbocycles. The molecule has 0 aliphatic carbocycles. The van der Waals surface area contributed by atoms with Gasteiger partial charge >= 0.3 is 5.97 Å². The van der Waals surface area contributed by atoms with Crippen LogP contribution in [0, 0.1) is 0 Å². The molecular formula is C5H11O3P. The molecule has 0 saturated heterocycles. The summed E-state index contributed by atoms with van der Waals surface area (Å²) in [7, 11) is 0. The second-order valence-electron chi connectivity index (χ2n) is 1.60. The van der Waals surface area contributed by atoms with Crippen LogP contribution in [-0.4, -0.2) is 16.9 Å². The smallest absolute Gasteiger partial charge is 0.303 e. The maximum absolute atomic E-state index is 10.1. The molecule has 0 bridgehead atoms. The molecule has 0 aliphatic heterocycles. The number of hydrogen-bond donors (Lipinski definition) is 1. The number of ketones is 1. The van der Waals surface area contributed by atoms with Crippen molar-refractivity contribution < 1.29 is 14.7 Å². The number of aliphatic carboxylic acids is 1. The van der Waals surface area contributed by atoms with Crippen LogP contribution in [-0.2, 0) is 9.59 Å². The maximum atomic E-state index is 10.1. The normalized spacial score (nSPS) is 7.67. The van der Waals surface area contributed by atoms with E-state index in [-0.39, 0.29) is 28.5 Å². The predicted molar refractivity (Wildman–Crippen MR) is 38.7 cm³/mol. The lowest BCUT2D eigenvalue weighted by Crippen LogP contribution is -1.98. The fourth-order valence-electron chi connectivity index (χ4n) is 0.283. The van der Waals surface area contributed by atoms with Gasteiger partial charge in [-0.1, -0.05) is 0 Å². The van der Waals surface area contributed by atoms with E-state index in [0.717, 1.165) is 0 Å². The van der Waals surface area contributed by atoms with Gasteiger partial charge in [0.15, 0.2) is 0 Å². The second-order valence-corrected chi connectivity index (χ2v) is 1.60. The van der Waals surface area contributed by atoms with Crippen molar-refractivity contribution >= 4 is 21.7 Å². The van der Waals surface area contributed by atoms with E-state index < -0.39 is 5.97 Å². The fourth-order valence-corrected chi connectivity index (χ4v) is 0.283. The Balaban J connectivity index is 0. The highest BCUT2D eigenvalue weighted by Gasteiger charge is 1.97. The van der Waals surface area contributed by atoms with Crippen molar-refractivity contribution in [1.29, 1.82) is 0 Å². The molecule has 0 saturated carbocycles. The van der Waals surface area contributed by atoms with Crippen molar-refractivity contribution in [2.24, 2.45) is 0 Å². The van der Waals surface area contributed by atoms with E-state index in [1.807, 2.05) is 0 Å². The van der Waals surface area contributed by atoms with Gasteiger partial charge in [-0.2, -0.15) is 9.90 Å². The molecule has 0 spiro atoms. The molecule has 3 nitrogen and oxygen atoms in total. The highest BCUT2D eigenvalue weighted by molar-refractivity contribution is 6.92. The van der Waals surface area contributed by atoms with Gasteiger partial charge in [0.25, 0.3) is 0 Å². The van der Waals surface area contributed by atoms with Crippen LogP contribution in [0.4, 0.5) is 0 Å². The highest BCUT2D eigenvalue weighted by Crippen LogP contribution is 1.87. The number of Topliss-reactive ketones (excluding diaryl/α,β-unsaturated/α-hetero) is 1. The van der Waals surface area contributed by atoms with Crippen LogP contribution in [0.1, 0.15) is 19.8 Å². The Morgan fingerprint density at radius 3 is 1.89 bits per heavy atom. The Hall–Kier alpha value is -0.430. The molecule has 0 aromatic rings. The second kappa shape index (κ2) is 5.70. The van der Waals surface area contributed by atoms with Crippen LogP contribution in [0.15, 0.2) is 0 Å². The zero-order chi connectivity index (χ0) is 6.57. The van der Waals surface area contributed by atoms with Crippen molar-refractivity contribution in [1.82, 2.24) is 0 Å². The summed E-state index contributed by atoms with van der Waals surface area (Å²) in [5, 5.41) is 8.01. The van der Waals surface area contributed by atoms with E-state index in [9.17, 15) is 9.59 Å². The van der Waals surface area contributed by atoms with Crippen LogP contribution in [0.3, 0.4) is 0 Å². The number of carbonyl (C=O) groups excluding carboxylic acids is 1. The molecule has 0 aromatic heterocycles. The number of rotatable bonds is 3. The molecule has 54 valence electrons. The Morgan fingerprint density at radius 1 is 1.33 bits per heavy atom. The van der Waals surface area contributed by atoms with Crippen LogP contribution in [0.5, 0.6) is 0 Å². The van der Waals surface area contributed by atoms with Crippen molar-refractivity contribution in [2.45, 2.75) is 19.8 Å². The van der Waals surface area contributed by atoms with Gasteiger partial charge in [-0.3, -0.25) is 4.79 Å². The minimum absolute atomic E-state index is 0. The largest absolute Gasteiger partial charge is 0.481 e. The van der Waals surface area contributed by atoms with E-state index in [1.54, 1.807) is 0 Å². The molecule has 9 heavy (non-hydrogen) atoms. The van der Waals surface area contributed by atoms with Crippen molar-refractivity contribution in [2.75, 3.05) is 0 Å². The molecule has 4 heteroatoms. The molecular weight excluding hydrogens is 139 g/mol. The monoisotopic (exact) mass is 150 g/mol. The van der Waals surface area contributed by atoms with Gasteiger partial charge < -0.3 is 9.90 Å². The van der Waals surface area contributed by atoms with Gasteiger partial charge in [-0.15, -0.1) is 0 Å². The highest BCUT2D eigenvalue weighted by atomic mass is 31.0. The van der Waals surface area contributed by atoms with Crippen LogP contribution >= 0.6 is 9.90 Å². The first-order chi connectivity index (χ1) is 3.63. The van der Waals surface area contributed by atoms with Gasteiger partial charge in [0.05, 0.1) is 6.42 Å². The molecule has 0 radical (unpaired) electrons. The molecule has 0 aliphatic rings. The van der Waals surface area contributed by atoms with Crippen molar-refractivity contribution in [3.8, 4) is 0 Å². The third kappa shape index (κ3) is 11.2. The number of carbonyl (C=O) groups is 2. The number of carboxylic acid groups (broad SMARTS) is 1. The first-order valence-corrected chi connectivity index (χ1v) is 2.34. The number of hydrogen-bond acceptors (Lipinski definition) is 2. The molecule has 1 atom stereocenters. The first kappa shape index (κ1) is 11.4. The molecule has 1 unspecified atom stereocenters. The lowest BCUT2D eigenvalue weighted by molar-refractivity contribution is -0.138. The van der Waals surface area contributed by atoms with Crippen LogP contribution < -0.4 is 0 Å². The summed E-state index contributed by atoms with van der Waals surface area (Å²) in [6.45, 7) is 1.38. The van der Waals surface area contributed by atoms with Gasteiger partial charge in [0.1, 0.15) is 5.78 Å². The number of carboxylic acids is 1. The molecule has 1 N–H and O–H groups in total. The first-order valence-electron chi connectivity index (χ1n) is 2.34. The minimum atomic E-state index is -0.916. The average Bonchev–Trinajstić information content (AvgIpc) is 1.61. The summed E-state index contributed by atoms with van der Waals surface area (Å²) in [6.07, 6.45) is 0.102. The summed E-state index contributed by atoms with van der Waals surface area (Å²) in [4.78, 5) is 19.8. The van der Waals surface area contributed by atoms with E-state index in [2.05, 4.69) is 0 Å². The van der Waals surface area contributed by atoms with Crippen LogP contribution in [0.2, 0.25) is 0 Å². The quantitative estimate of drug-likeness (QED) is 0.596. The third-order valence-corrected chi connectivity index (χ3v) is 0.691. The molecule has 0 rings (SSSR count). The predicted octanol–water partition coefficient (Wildman–Crippen LogP) is 0.498. The Morgan fingerprint density at radius 2 is 1.78 bits per heavy atom. The van der Waals surface area contributed by atoms with Crippen LogP contribution in [0.25, 0.3) is 0 Å². The van der Waals surface area contributed by atoms with E-state index in [1.165, 1.54) is 6.92 Å². The molecule has 0 amide bonds. The third-order valence-electron chi connectivity index (χ3n) is 0.691. The SMILES string of the molecule is CC(=O)CCC(=O)O.P. The van der Waals surface area contributed by atoms with E-state index >= 15 is 0 Å². The van der Waals surface area contributed by atoms with Gasteiger partial charge in [0.2, 0.25) is 0 Å². The summed E-state index contributed by atoms with van der Waals surface area (Å²) in [5.41, 5.74) is 0. The lowest BCUT2D eigenvalue weighted by Gasteiger charge is -1.86. The van der Waals surface area contributed by atoms with Crippen molar-refractivity contribution in [3.05, 3.63) is 0 Å². The van der Waals surface area contributed by atoms with Gasteiger partial charge in [0, 0.05) is 6.42 Å². The summed E-state index contributed by atoms with van der Waals surface area (Å²) >= 11 is 0. The zero-order valence-electron chi connectivity index (χ0n) is 5.39. The summed E-state index contributed by atoms with van der Waals surface area (Å²) in [6, 6.07) is 0. The Bertz CT molecular complexity index is 96.8. The standard InChI is InChI=1S/C5H8O3.H3P/c1-4(6)2-3-5(7)8;/h2-3H2,1H3,(H,7,8);1H3. The van der Waals surface area contributed by atoms with E-state index in [4.69, 9.17) is 5.11 Å². The molecule has 0 fully saturated rings. The summed E-state index contributed by atoms with van der Waals surface area (Å²) in [5.74, 6) is -0.993. The maximum Gasteiger partial charge on any atom is 0.303 e. The van der Waals surface area contributed by atoms with E-state index in [0.29, 0.717) is 0 Å². The lowest BCUT2D eigenvalue weighted by atomic mass is 10.2. The minimum Gasteiger partial charge on any atom is -0.481 e. The van der Waals surface area contributed by atoms with Gasteiger partial charge in [-0.25, -0.2) is 0 Å². The fraction of sp³-hybridized carbons (Fsp3) is 0.600. The summed E-state index contributed by atoms with van der Waals surface area (Å²) < 4.78 is 0. The average molecular weight is 150 g/mol. The Kier molecular flexibility index (Phi) is 7.21.